The highest BCUT2D eigenvalue weighted by Crippen LogP contribution is 2.36. The van der Waals surface area contributed by atoms with Crippen LogP contribution in [-0.2, 0) is 25.8 Å². The number of hydrogen-bond acceptors (Lipinski definition) is 6. The lowest BCUT2D eigenvalue weighted by molar-refractivity contribution is -0.136. The number of anilines is 1. The van der Waals surface area contributed by atoms with Gasteiger partial charge in [0.15, 0.2) is 0 Å². The number of aromatic nitrogens is 2. The van der Waals surface area contributed by atoms with Crippen LogP contribution in [0.2, 0.25) is 0 Å². The maximum atomic E-state index is 12.3. The molecule has 3 N–H and O–H groups in total. The van der Waals surface area contributed by atoms with E-state index in [-0.39, 0.29) is 26.4 Å². The Labute approximate surface area is 161 Å². The molecule has 0 spiro atoms. The summed E-state index contributed by atoms with van der Waals surface area (Å²) < 4.78 is 6.76. The van der Waals surface area contributed by atoms with E-state index in [2.05, 4.69) is 15.7 Å². The predicted molar refractivity (Wildman–Crippen MR) is 103 cm³/mol. The minimum Gasteiger partial charge on any atom is -0.394 e. The molecule has 2 amide bonds. The van der Waals surface area contributed by atoms with Crippen LogP contribution in [0.5, 0.6) is 0 Å². The number of benzene rings is 1. The number of nitrogens with one attached hydrogen (secondary N) is 2. The molecule has 2 aromatic rings. The Bertz CT molecular complexity index is 837. The second-order valence-corrected chi connectivity index (χ2v) is 7.00. The summed E-state index contributed by atoms with van der Waals surface area (Å²) in [7, 11) is 0. The van der Waals surface area contributed by atoms with Gasteiger partial charge in [0.2, 0.25) is 0 Å². The van der Waals surface area contributed by atoms with Gasteiger partial charge < -0.3 is 20.5 Å². The van der Waals surface area contributed by atoms with Crippen LogP contribution < -0.4 is 10.6 Å². The van der Waals surface area contributed by atoms with Gasteiger partial charge in [-0.25, -0.2) is 4.68 Å². The summed E-state index contributed by atoms with van der Waals surface area (Å²) in [5.41, 5.74) is 3.77. The molecule has 0 fully saturated rings. The van der Waals surface area contributed by atoms with Gasteiger partial charge in [-0.3, -0.25) is 9.59 Å². The Hall–Kier alpha value is -2.36. The van der Waals surface area contributed by atoms with Crippen molar-refractivity contribution in [3.8, 4) is 5.69 Å². The Morgan fingerprint density at radius 3 is 2.85 bits per heavy atom. The second-order valence-electron chi connectivity index (χ2n) is 6.01. The first-order valence-corrected chi connectivity index (χ1v) is 9.79. The van der Waals surface area contributed by atoms with E-state index in [1.807, 2.05) is 31.2 Å². The molecule has 2 heterocycles. The standard InChI is InChI=1S/C18H22N4O4S/c1-12-4-2-3-5-15(12)22-16(13-10-27-11-14(13)21-22)20-18(25)17(24)19-6-8-26-9-7-23/h2-5,23H,6-11H2,1H3,(H,19,24)(H,20,25). The van der Waals surface area contributed by atoms with Crippen LogP contribution in [-0.4, -0.2) is 53.1 Å². The van der Waals surface area contributed by atoms with E-state index >= 15 is 0 Å². The van der Waals surface area contributed by atoms with Crippen LogP contribution in [0.3, 0.4) is 0 Å². The molecule has 1 aromatic carbocycles. The summed E-state index contributed by atoms with van der Waals surface area (Å²) in [6.07, 6.45) is 0. The second kappa shape index (κ2) is 9.03. The zero-order chi connectivity index (χ0) is 19.2. The molecule has 0 aliphatic carbocycles. The third-order valence-electron chi connectivity index (χ3n) is 4.10. The lowest BCUT2D eigenvalue weighted by Crippen LogP contribution is -2.37. The third-order valence-corrected chi connectivity index (χ3v) is 5.07. The van der Waals surface area contributed by atoms with Crippen molar-refractivity contribution in [2.45, 2.75) is 18.4 Å². The Morgan fingerprint density at radius 2 is 2.07 bits per heavy atom. The number of carbonyl (C=O) groups is 2. The van der Waals surface area contributed by atoms with Crippen LogP contribution in [0.4, 0.5) is 5.82 Å². The summed E-state index contributed by atoms with van der Waals surface area (Å²) >= 11 is 1.72. The van der Waals surface area contributed by atoms with Crippen molar-refractivity contribution in [3.63, 3.8) is 0 Å². The van der Waals surface area contributed by atoms with E-state index in [9.17, 15) is 9.59 Å². The summed E-state index contributed by atoms with van der Waals surface area (Å²) in [4.78, 5) is 24.4. The number of rotatable bonds is 7. The number of fused-ring (bicyclic) bond motifs is 1. The van der Waals surface area contributed by atoms with Gasteiger partial charge in [-0.05, 0) is 18.6 Å². The smallest absolute Gasteiger partial charge is 0.314 e. The molecule has 0 radical (unpaired) electrons. The van der Waals surface area contributed by atoms with Gasteiger partial charge in [0, 0.05) is 23.6 Å². The fourth-order valence-corrected chi connectivity index (χ4v) is 3.80. The molecule has 27 heavy (non-hydrogen) atoms. The average Bonchev–Trinajstić information content (AvgIpc) is 3.24. The molecular formula is C18H22N4O4S. The summed E-state index contributed by atoms with van der Waals surface area (Å²) in [5, 5.41) is 18.5. The molecule has 3 rings (SSSR count). The summed E-state index contributed by atoms with van der Waals surface area (Å²) in [6.45, 7) is 2.51. The number of amides is 2. The minimum absolute atomic E-state index is 0.0829. The first-order valence-electron chi connectivity index (χ1n) is 8.64. The maximum absolute atomic E-state index is 12.3. The average molecular weight is 390 g/mol. The number of aryl methyl sites for hydroxylation is 1. The first kappa shape index (κ1) is 19.4. The first-order chi connectivity index (χ1) is 13.1. The van der Waals surface area contributed by atoms with Crippen LogP contribution in [0, 0.1) is 6.92 Å². The van der Waals surface area contributed by atoms with Crippen LogP contribution in [0.15, 0.2) is 24.3 Å². The zero-order valence-corrected chi connectivity index (χ0v) is 15.8. The minimum atomic E-state index is -0.744. The summed E-state index contributed by atoms with van der Waals surface area (Å²) in [5.74, 6) is 0.589. The highest BCUT2D eigenvalue weighted by atomic mass is 32.2. The lowest BCUT2D eigenvalue weighted by atomic mass is 10.2. The van der Waals surface area contributed by atoms with Crippen molar-refractivity contribution in [1.29, 1.82) is 0 Å². The van der Waals surface area contributed by atoms with Crippen molar-refractivity contribution in [3.05, 3.63) is 41.1 Å². The normalized spacial score (nSPS) is 12.7. The summed E-state index contributed by atoms with van der Waals surface area (Å²) in [6, 6.07) is 7.76. The quantitative estimate of drug-likeness (QED) is 0.481. The van der Waals surface area contributed by atoms with Gasteiger partial charge in [-0.2, -0.15) is 16.9 Å². The van der Waals surface area contributed by atoms with Gasteiger partial charge >= 0.3 is 11.8 Å². The maximum Gasteiger partial charge on any atom is 0.314 e. The van der Waals surface area contributed by atoms with Crippen molar-refractivity contribution < 1.29 is 19.4 Å². The fourth-order valence-electron chi connectivity index (χ4n) is 2.76. The highest BCUT2D eigenvalue weighted by Gasteiger charge is 2.26. The SMILES string of the molecule is Cc1ccccc1-n1nc2c(c1NC(=O)C(=O)NCCOCCO)CSC2. The van der Waals surface area contributed by atoms with Crippen molar-refractivity contribution in [1.82, 2.24) is 15.1 Å². The third kappa shape index (κ3) is 4.49. The fraction of sp³-hybridized carbons (Fsp3) is 0.389. The Kier molecular flexibility index (Phi) is 6.49. The van der Waals surface area contributed by atoms with Crippen molar-refractivity contribution >= 4 is 29.4 Å². The highest BCUT2D eigenvalue weighted by molar-refractivity contribution is 7.98. The predicted octanol–water partition coefficient (Wildman–Crippen LogP) is 0.991. The largest absolute Gasteiger partial charge is 0.394 e. The molecule has 0 unspecified atom stereocenters. The number of hydrogen-bond donors (Lipinski definition) is 3. The van der Waals surface area contributed by atoms with Crippen LogP contribution in [0.1, 0.15) is 16.8 Å². The number of aliphatic hydroxyl groups excluding tert-OH is 1. The van der Waals surface area contributed by atoms with E-state index in [1.54, 1.807) is 16.4 Å². The van der Waals surface area contributed by atoms with E-state index in [4.69, 9.17) is 9.84 Å². The molecule has 0 bridgehead atoms. The van der Waals surface area contributed by atoms with Gasteiger partial charge in [0.25, 0.3) is 0 Å². The van der Waals surface area contributed by atoms with E-state index in [0.717, 1.165) is 34.0 Å². The molecule has 144 valence electrons. The van der Waals surface area contributed by atoms with Crippen LogP contribution >= 0.6 is 11.8 Å². The lowest BCUT2D eigenvalue weighted by Gasteiger charge is -2.13. The molecule has 1 aliphatic heterocycles. The molecular weight excluding hydrogens is 368 g/mol. The zero-order valence-electron chi connectivity index (χ0n) is 15.0. The van der Waals surface area contributed by atoms with E-state index in [1.165, 1.54) is 0 Å². The van der Waals surface area contributed by atoms with Gasteiger partial charge in [0.05, 0.1) is 31.2 Å². The number of aliphatic hydroxyl groups is 1. The molecule has 0 saturated heterocycles. The molecule has 8 nitrogen and oxygen atoms in total. The van der Waals surface area contributed by atoms with Crippen molar-refractivity contribution in [2.75, 3.05) is 31.7 Å². The number of para-hydroxylation sites is 1. The van der Waals surface area contributed by atoms with E-state index in [0.29, 0.717) is 5.82 Å². The number of thioether (sulfide) groups is 1. The molecule has 0 atom stereocenters. The number of ether oxygens (including phenoxy) is 1. The molecule has 9 heteroatoms. The van der Waals surface area contributed by atoms with Gasteiger partial charge in [-0.15, -0.1) is 0 Å². The van der Waals surface area contributed by atoms with Gasteiger partial charge in [0.1, 0.15) is 5.82 Å². The monoisotopic (exact) mass is 390 g/mol. The van der Waals surface area contributed by atoms with Crippen LogP contribution in [0.25, 0.3) is 5.69 Å². The Morgan fingerprint density at radius 1 is 1.26 bits per heavy atom. The molecule has 1 aliphatic rings. The van der Waals surface area contributed by atoms with Crippen molar-refractivity contribution in [2.24, 2.45) is 0 Å². The number of nitrogens with zero attached hydrogens (tertiary/aromatic N) is 2. The van der Waals surface area contributed by atoms with Gasteiger partial charge in [-0.1, -0.05) is 18.2 Å². The Balaban J connectivity index is 1.74. The number of carbonyl (C=O) groups excluding carboxylic acids is 2. The topological polar surface area (TPSA) is 105 Å². The van der Waals surface area contributed by atoms with E-state index < -0.39 is 11.8 Å². The molecule has 1 aromatic heterocycles. The molecule has 0 saturated carbocycles.